The molecule has 0 unspecified atom stereocenters. The van der Waals surface area contributed by atoms with E-state index in [9.17, 15) is 0 Å². The number of methoxy groups -OCH3 is 1. The largest absolute Gasteiger partial charge is 0.491 e. The third-order valence-electron chi connectivity index (χ3n) is 1.45. The number of nitriles is 1. The van der Waals surface area contributed by atoms with Crippen molar-refractivity contribution in [2.45, 2.75) is 6.92 Å². The van der Waals surface area contributed by atoms with E-state index in [-0.39, 0.29) is 0 Å². The molecule has 0 atom stereocenters. The minimum absolute atomic E-state index is 0.420. The van der Waals surface area contributed by atoms with Gasteiger partial charge in [0.15, 0.2) is 5.75 Å². The van der Waals surface area contributed by atoms with Gasteiger partial charge >= 0.3 is 0 Å². The van der Waals surface area contributed by atoms with Crippen LogP contribution in [0.5, 0.6) is 11.6 Å². The highest BCUT2D eigenvalue weighted by atomic mass is 16.5. The fourth-order valence-corrected chi connectivity index (χ4v) is 0.885. The summed E-state index contributed by atoms with van der Waals surface area (Å²) in [4.78, 5) is 3.94. The molecule has 1 aromatic rings. The van der Waals surface area contributed by atoms with Gasteiger partial charge in [0, 0.05) is 12.3 Å². The van der Waals surface area contributed by atoms with E-state index in [1.54, 1.807) is 6.07 Å². The third-order valence-corrected chi connectivity index (χ3v) is 1.45. The number of hydrogen-bond donors (Lipinski definition) is 0. The Morgan fingerprint density at radius 3 is 2.92 bits per heavy atom. The molecule has 0 radical (unpaired) electrons. The van der Waals surface area contributed by atoms with Crippen molar-refractivity contribution in [2.24, 2.45) is 0 Å². The summed E-state index contributed by atoms with van der Waals surface area (Å²) in [5, 5.41) is 8.59. The molecule has 0 N–H and O–H groups in total. The molecule has 0 saturated carbocycles. The van der Waals surface area contributed by atoms with E-state index >= 15 is 0 Å². The zero-order chi connectivity index (χ0) is 9.68. The summed E-state index contributed by atoms with van der Waals surface area (Å²) in [5.41, 5.74) is 0.459. The Balaban J connectivity index is 3.02. The van der Waals surface area contributed by atoms with Crippen LogP contribution in [-0.4, -0.2) is 18.7 Å². The van der Waals surface area contributed by atoms with E-state index in [1.165, 1.54) is 13.3 Å². The van der Waals surface area contributed by atoms with E-state index in [4.69, 9.17) is 14.7 Å². The molecule has 13 heavy (non-hydrogen) atoms. The highest BCUT2D eigenvalue weighted by Crippen LogP contribution is 2.24. The molecule has 0 aliphatic heterocycles. The topological polar surface area (TPSA) is 55.1 Å². The van der Waals surface area contributed by atoms with Gasteiger partial charge in [-0.15, -0.1) is 0 Å². The van der Waals surface area contributed by atoms with Gasteiger partial charge in [0.25, 0.3) is 5.88 Å². The van der Waals surface area contributed by atoms with Crippen LogP contribution in [0.1, 0.15) is 12.5 Å². The standard InChI is InChI=1S/C9H10N2O2/c1-3-13-9-8(12-2)4-7(5-10)6-11-9/h4,6H,3H2,1-2H3. The van der Waals surface area contributed by atoms with Gasteiger partial charge in [-0.1, -0.05) is 0 Å². The van der Waals surface area contributed by atoms with Crippen molar-refractivity contribution in [3.05, 3.63) is 17.8 Å². The van der Waals surface area contributed by atoms with Crippen LogP contribution in [-0.2, 0) is 0 Å². The first-order valence-corrected chi connectivity index (χ1v) is 3.88. The molecular weight excluding hydrogens is 168 g/mol. The molecule has 0 aromatic carbocycles. The average molecular weight is 178 g/mol. The van der Waals surface area contributed by atoms with Gasteiger partial charge in [0.05, 0.1) is 19.3 Å². The Morgan fingerprint density at radius 1 is 1.62 bits per heavy atom. The average Bonchev–Trinajstić information content (AvgIpc) is 2.19. The van der Waals surface area contributed by atoms with Gasteiger partial charge in [-0.25, -0.2) is 4.98 Å². The molecular formula is C9H10N2O2. The lowest BCUT2D eigenvalue weighted by Crippen LogP contribution is -1.98. The highest BCUT2D eigenvalue weighted by molar-refractivity contribution is 5.40. The van der Waals surface area contributed by atoms with E-state index in [2.05, 4.69) is 4.98 Å². The number of ether oxygens (including phenoxy) is 2. The van der Waals surface area contributed by atoms with E-state index in [1.807, 2.05) is 13.0 Å². The van der Waals surface area contributed by atoms with Crippen LogP contribution < -0.4 is 9.47 Å². The van der Waals surface area contributed by atoms with Crippen molar-refractivity contribution in [3.63, 3.8) is 0 Å². The zero-order valence-corrected chi connectivity index (χ0v) is 7.57. The SMILES string of the molecule is CCOc1ncc(C#N)cc1OC. The second-order valence-corrected chi connectivity index (χ2v) is 2.28. The minimum atomic E-state index is 0.420. The predicted molar refractivity (Wildman–Crippen MR) is 46.7 cm³/mol. The molecule has 1 heterocycles. The first-order chi connectivity index (χ1) is 6.31. The Kier molecular flexibility index (Phi) is 3.09. The summed E-state index contributed by atoms with van der Waals surface area (Å²) in [7, 11) is 1.51. The third kappa shape index (κ3) is 2.09. The van der Waals surface area contributed by atoms with Gasteiger partial charge in [-0.2, -0.15) is 5.26 Å². The van der Waals surface area contributed by atoms with E-state index in [0.29, 0.717) is 23.8 Å². The van der Waals surface area contributed by atoms with Crippen LogP contribution in [0.3, 0.4) is 0 Å². The van der Waals surface area contributed by atoms with E-state index in [0.717, 1.165) is 0 Å². The van der Waals surface area contributed by atoms with Gasteiger partial charge < -0.3 is 9.47 Å². The lowest BCUT2D eigenvalue weighted by molar-refractivity contribution is 0.298. The molecule has 0 aliphatic carbocycles. The first kappa shape index (κ1) is 9.33. The fraction of sp³-hybridized carbons (Fsp3) is 0.333. The summed E-state index contributed by atoms with van der Waals surface area (Å²) >= 11 is 0. The molecule has 0 saturated heterocycles. The Hall–Kier alpha value is -1.76. The number of aromatic nitrogens is 1. The monoisotopic (exact) mass is 178 g/mol. The Labute approximate surface area is 76.7 Å². The molecule has 4 nitrogen and oxygen atoms in total. The molecule has 4 heteroatoms. The van der Waals surface area contributed by atoms with Gasteiger partial charge in [0.2, 0.25) is 0 Å². The van der Waals surface area contributed by atoms with Crippen molar-refractivity contribution in [3.8, 4) is 17.7 Å². The smallest absolute Gasteiger partial charge is 0.257 e. The van der Waals surface area contributed by atoms with Crippen LogP contribution in [0.15, 0.2) is 12.3 Å². The highest BCUT2D eigenvalue weighted by Gasteiger charge is 2.05. The normalized spacial score (nSPS) is 9.00. The minimum Gasteiger partial charge on any atom is -0.491 e. The quantitative estimate of drug-likeness (QED) is 0.701. The summed E-state index contributed by atoms with van der Waals surface area (Å²) in [6.45, 7) is 2.38. The number of pyridine rings is 1. The lowest BCUT2D eigenvalue weighted by atomic mass is 10.3. The van der Waals surface area contributed by atoms with Crippen molar-refractivity contribution in [2.75, 3.05) is 13.7 Å². The second kappa shape index (κ2) is 4.31. The first-order valence-electron chi connectivity index (χ1n) is 3.88. The number of nitrogens with zero attached hydrogens (tertiary/aromatic N) is 2. The van der Waals surface area contributed by atoms with Crippen LogP contribution >= 0.6 is 0 Å². The molecule has 0 spiro atoms. The molecule has 1 aromatic heterocycles. The molecule has 0 aliphatic rings. The fourth-order valence-electron chi connectivity index (χ4n) is 0.885. The number of rotatable bonds is 3. The maximum Gasteiger partial charge on any atom is 0.257 e. The second-order valence-electron chi connectivity index (χ2n) is 2.28. The molecule has 68 valence electrons. The van der Waals surface area contributed by atoms with Crippen molar-refractivity contribution in [1.29, 1.82) is 5.26 Å². The maximum atomic E-state index is 8.59. The Bertz CT molecular complexity index is 331. The van der Waals surface area contributed by atoms with Crippen LogP contribution in [0.25, 0.3) is 0 Å². The molecule has 0 amide bonds. The summed E-state index contributed by atoms with van der Waals surface area (Å²) < 4.78 is 10.2. The predicted octanol–water partition coefficient (Wildman–Crippen LogP) is 1.36. The van der Waals surface area contributed by atoms with Crippen LogP contribution in [0.2, 0.25) is 0 Å². The Morgan fingerprint density at radius 2 is 2.38 bits per heavy atom. The van der Waals surface area contributed by atoms with Gasteiger partial charge in [-0.3, -0.25) is 0 Å². The lowest BCUT2D eigenvalue weighted by Gasteiger charge is -2.06. The van der Waals surface area contributed by atoms with Crippen LogP contribution in [0.4, 0.5) is 0 Å². The van der Waals surface area contributed by atoms with E-state index < -0.39 is 0 Å². The molecule has 0 fully saturated rings. The van der Waals surface area contributed by atoms with Crippen molar-refractivity contribution in [1.82, 2.24) is 4.98 Å². The number of hydrogen-bond acceptors (Lipinski definition) is 4. The zero-order valence-electron chi connectivity index (χ0n) is 7.57. The maximum absolute atomic E-state index is 8.59. The van der Waals surface area contributed by atoms with Crippen LogP contribution in [0, 0.1) is 11.3 Å². The molecule has 1 rings (SSSR count). The van der Waals surface area contributed by atoms with Crippen molar-refractivity contribution < 1.29 is 9.47 Å². The van der Waals surface area contributed by atoms with Crippen molar-refractivity contribution >= 4 is 0 Å². The van der Waals surface area contributed by atoms with Gasteiger partial charge in [0.1, 0.15) is 6.07 Å². The summed E-state index contributed by atoms with van der Waals surface area (Å²) in [6.07, 6.45) is 1.45. The summed E-state index contributed by atoms with van der Waals surface area (Å²) in [5.74, 6) is 0.907. The summed E-state index contributed by atoms with van der Waals surface area (Å²) in [6, 6.07) is 3.57. The molecule has 0 bridgehead atoms. The van der Waals surface area contributed by atoms with Gasteiger partial charge in [-0.05, 0) is 6.92 Å².